The highest BCUT2D eigenvalue weighted by Gasteiger charge is 2.28. The minimum absolute atomic E-state index is 0.132. The lowest BCUT2D eigenvalue weighted by Crippen LogP contribution is -2.18. The van der Waals surface area contributed by atoms with Gasteiger partial charge >= 0.3 is 0 Å². The summed E-state index contributed by atoms with van der Waals surface area (Å²) in [5.74, 6) is 0.308. The average molecular weight is 360 g/mol. The van der Waals surface area contributed by atoms with Gasteiger partial charge in [0.15, 0.2) is 0 Å². The number of aliphatic hydroxyl groups is 1. The Balaban J connectivity index is 1.59. The summed E-state index contributed by atoms with van der Waals surface area (Å²) in [6.07, 6.45) is 5.33. The van der Waals surface area contributed by atoms with Gasteiger partial charge in [0.1, 0.15) is 5.65 Å². The minimum Gasteiger partial charge on any atom is -0.388 e. The van der Waals surface area contributed by atoms with E-state index in [1.54, 1.807) is 6.07 Å². The Bertz CT molecular complexity index is 1050. The van der Waals surface area contributed by atoms with E-state index < -0.39 is 6.10 Å². The van der Waals surface area contributed by atoms with Gasteiger partial charge in [-0.1, -0.05) is 37.3 Å². The van der Waals surface area contributed by atoms with Gasteiger partial charge in [0.05, 0.1) is 6.10 Å². The number of aromatic amines is 1. The number of pyridine rings is 2. The first-order valence-corrected chi connectivity index (χ1v) is 9.62. The molecule has 2 N–H and O–H groups in total. The maximum atomic E-state index is 11.5. The van der Waals surface area contributed by atoms with Gasteiger partial charge in [-0.15, -0.1) is 0 Å². The molecule has 2 heterocycles. The molecule has 4 heteroatoms. The second-order valence-electron chi connectivity index (χ2n) is 7.21. The Labute approximate surface area is 158 Å². The number of aryl methyl sites for hydroxylation is 1. The van der Waals surface area contributed by atoms with Crippen molar-refractivity contribution < 1.29 is 5.11 Å². The smallest absolute Gasteiger partial charge is 0.249 e. The fraction of sp³-hybridized carbons (Fsp3) is 0.304. The molecule has 0 saturated carbocycles. The van der Waals surface area contributed by atoms with Gasteiger partial charge in [0.25, 0.3) is 0 Å². The molecule has 0 fully saturated rings. The molecule has 4 rings (SSSR count). The number of hydrogen-bond donors (Lipinski definition) is 2. The van der Waals surface area contributed by atoms with Crippen LogP contribution in [-0.4, -0.2) is 15.1 Å². The highest BCUT2D eigenvalue weighted by Crippen LogP contribution is 2.42. The third-order valence-electron chi connectivity index (χ3n) is 5.39. The predicted octanol–water partition coefficient (Wildman–Crippen LogP) is 4.40. The second-order valence-corrected chi connectivity index (χ2v) is 7.21. The van der Waals surface area contributed by atoms with Gasteiger partial charge in [-0.3, -0.25) is 4.79 Å². The van der Waals surface area contributed by atoms with E-state index in [0.29, 0.717) is 11.6 Å². The third kappa shape index (κ3) is 3.58. The molecule has 1 aliphatic carbocycles. The van der Waals surface area contributed by atoms with Crippen molar-refractivity contribution in [1.82, 2.24) is 9.97 Å². The average Bonchev–Trinajstić information content (AvgIpc) is 2.68. The molecule has 0 saturated heterocycles. The van der Waals surface area contributed by atoms with Crippen LogP contribution in [0.1, 0.15) is 49.1 Å². The topological polar surface area (TPSA) is 66.0 Å². The highest BCUT2D eigenvalue weighted by molar-refractivity contribution is 5.74. The van der Waals surface area contributed by atoms with Gasteiger partial charge in [-0.2, -0.15) is 0 Å². The summed E-state index contributed by atoms with van der Waals surface area (Å²) in [5.41, 5.74) is 5.03. The molecule has 3 aromatic rings. The van der Waals surface area contributed by atoms with Crippen molar-refractivity contribution in [3.8, 4) is 0 Å². The number of aromatic nitrogens is 2. The number of allylic oxidation sites excluding steroid dienone is 2. The number of fused-ring (bicyclic) bond motifs is 2. The summed E-state index contributed by atoms with van der Waals surface area (Å²) in [6, 6.07) is 15.5. The van der Waals surface area contributed by atoms with E-state index in [0.717, 1.165) is 42.3 Å². The molecule has 0 bridgehead atoms. The van der Waals surface area contributed by atoms with Gasteiger partial charge in [-0.25, -0.2) is 4.98 Å². The van der Waals surface area contributed by atoms with Crippen LogP contribution in [0.2, 0.25) is 0 Å². The van der Waals surface area contributed by atoms with Crippen molar-refractivity contribution in [3.63, 3.8) is 0 Å². The molecule has 0 radical (unpaired) electrons. The van der Waals surface area contributed by atoms with Crippen LogP contribution in [0, 0.1) is 5.92 Å². The fourth-order valence-corrected chi connectivity index (χ4v) is 4.09. The number of aliphatic hydroxyl groups excluding tert-OH is 1. The van der Waals surface area contributed by atoms with Crippen LogP contribution < -0.4 is 5.56 Å². The Kier molecular flexibility index (Phi) is 4.90. The van der Waals surface area contributed by atoms with Crippen LogP contribution >= 0.6 is 0 Å². The summed E-state index contributed by atoms with van der Waals surface area (Å²) >= 11 is 0. The molecule has 1 aliphatic rings. The summed E-state index contributed by atoms with van der Waals surface area (Å²) in [4.78, 5) is 19.0. The number of nitrogens with zero attached hydrogens (tertiary/aromatic N) is 1. The lowest BCUT2D eigenvalue weighted by Gasteiger charge is -2.31. The van der Waals surface area contributed by atoms with E-state index in [2.05, 4.69) is 29.0 Å². The van der Waals surface area contributed by atoms with E-state index >= 15 is 0 Å². The normalized spacial score (nSPS) is 20.7. The predicted molar refractivity (Wildman–Crippen MR) is 108 cm³/mol. The van der Waals surface area contributed by atoms with E-state index in [4.69, 9.17) is 0 Å². The quantitative estimate of drug-likeness (QED) is 0.724. The molecule has 0 amide bonds. The Hall–Kier alpha value is -2.72. The maximum Gasteiger partial charge on any atom is 0.249 e. The first-order valence-electron chi connectivity index (χ1n) is 9.62. The molecule has 27 heavy (non-hydrogen) atoms. The number of nitrogens with one attached hydrogen (secondary N) is 1. The SMILES string of the molecule is CC/C=C1\c2ccccc2C(O)CC1CCc1ccc2ccc(=O)[nH]c2n1. The molecule has 2 aromatic heterocycles. The van der Waals surface area contributed by atoms with Gasteiger partial charge in [-0.05, 0) is 66.5 Å². The lowest BCUT2D eigenvalue weighted by molar-refractivity contribution is 0.147. The Morgan fingerprint density at radius 2 is 2.00 bits per heavy atom. The Morgan fingerprint density at radius 3 is 2.85 bits per heavy atom. The monoisotopic (exact) mass is 360 g/mol. The fourth-order valence-electron chi connectivity index (χ4n) is 4.09. The summed E-state index contributed by atoms with van der Waals surface area (Å²) in [7, 11) is 0. The highest BCUT2D eigenvalue weighted by atomic mass is 16.3. The molecule has 4 nitrogen and oxygen atoms in total. The number of benzene rings is 1. The molecular weight excluding hydrogens is 336 g/mol. The van der Waals surface area contributed by atoms with Gasteiger partial charge < -0.3 is 10.1 Å². The van der Waals surface area contributed by atoms with Crippen LogP contribution in [0.4, 0.5) is 0 Å². The van der Waals surface area contributed by atoms with Crippen LogP contribution in [-0.2, 0) is 6.42 Å². The zero-order valence-electron chi connectivity index (χ0n) is 15.5. The van der Waals surface area contributed by atoms with Crippen LogP contribution in [0.25, 0.3) is 16.6 Å². The van der Waals surface area contributed by atoms with Crippen molar-refractivity contribution in [2.24, 2.45) is 5.92 Å². The van der Waals surface area contributed by atoms with E-state index in [9.17, 15) is 9.90 Å². The van der Waals surface area contributed by atoms with Crippen molar-refractivity contribution in [3.05, 3.63) is 81.8 Å². The standard InChI is InChI=1S/C23H24N2O2/c1-2-5-18-16(14-21(26)20-7-4-3-6-19(18)20)9-12-17-11-8-15-10-13-22(27)25-23(15)24-17/h3-8,10-11,13,16,21,26H,2,9,12,14H2,1H3,(H,24,25,27)/b18-5-. The summed E-state index contributed by atoms with van der Waals surface area (Å²) in [5, 5.41) is 11.5. The van der Waals surface area contributed by atoms with Crippen molar-refractivity contribution in [2.45, 2.75) is 38.7 Å². The second kappa shape index (κ2) is 7.49. The number of rotatable bonds is 4. The first-order chi connectivity index (χ1) is 13.2. The molecule has 138 valence electrons. The van der Waals surface area contributed by atoms with Crippen LogP contribution in [0.3, 0.4) is 0 Å². The molecule has 2 atom stereocenters. The van der Waals surface area contributed by atoms with Crippen LogP contribution in [0.15, 0.2) is 59.4 Å². The molecule has 0 spiro atoms. The maximum absolute atomic E-state index is 11.5. The summed E-state index contributed by atoms with van der Waals surface area (Å²) < 4.78 is 0. The zero-order chi connectivity index (χ0) is 18.8. The van der Waals surface area contributed by atoms with Gasteiger partial charge in [0.2, 0.25) is 5.56 Å². The summed E-state index contributed by atoms with van der Waals surface area (Å²) in [6.45, 7) is 2.15. The Morgan fingerprint density at radius 1 is 1.19 bits per heavy atom. The van der Waals surface area contributed by atoms with Crippen molar-refractivity contribution >= 4 is 16.6 Å². The molecule has 2 unspecified atom stereocenters. The zero-order valence-corrected chi connectivity index (χ0v) is 15.5. The lowest BCUT2D eigenvalue weighted by atomic mass is 9.75. The molecular formula is C23H24N2O2. The van der Waals surface area contributed by atoms with Gasteiger partial charge in [0, 0.05) is 17.1 Å². The van der Waals surface area contributed by atoms with E-state index in [1.807, 2.05) is 30.3 Å². The molecule has 0 aliphatic heterocycles. The third-order valence-corrected chi connectivity index (χ3v) is 5.39. The number of hydrogen-bond acceptors (Lipinski definition) is 3. The number of H-pyrrole nitrogens is 1. The van der Waals surface area contributed by atoms with E-state index in [-0.39, 0.29) is 5.56 Å². The van der Waals surface area contributed by atoms with Crippen LogP contribution in [0.5, 0.6) is 0 Å². The first kappa shape index (κ1) is 17.7. The minimum atomic E-state index is -0.416. The largest absolute Gasteiger partial charge is 0.388 e. The van der Waals surface area contributed by atoms with Crippen molar-refractivity contribution in [1.29, 1.82) is 0 Å². The molecule has 1 aromatic carbocycles. The van der Waals surface area contributed by atoms with E-state index in [1.165, 1.54) is 17.2 Å². The van der Waals surface area contributed by atoms with Crippen molar-refractivity contribution in [2.75, 3.05) is 0 Å².